The Balaban J connectivity index is 1.59. The van der Waals surface area contributed by atoms with Crippen molar-refractivity contribution in [2.75, 3.05) is 29.6 Å². The Morgan fingerprint density at radius 3 is 2.41 bits per heavy atom. The van der Waals surface area contributed by atoms with Gasteiger partial charge in [-0.15, -0.1) is 0 Å². The largest absolute Gasteiger partial charge is 0.378 e. The second-order valence-electron chi connectivity index (χ2n) is 6.27. The first-order valence-corrected chi connectivity index (χ1v) is 8.55. The third-order valence-electron chi connectivity index (χ3n) is 4.09. The van der Waals surface area contributed by atoms with Crippen LogP contribution >= 0.6 is 0 Å². The molecule has 3 aromatic rings. The smallest absolute Gasteiger partial charge is 0.257 e. The average Bonchev–Trinajstić information content (AvgIpc) is 2.68. The van der Waals surface area contributed by atoms with E-state index in [1.807, 2.05) is 43.3 Å². The maximum absolute atomic E-state index is 13.6. The summed E-state index contributed by atoms with van der Waals surface area (Å²) in [5.74, 6) is 0.0761. The third kappa shape index (κ3) is 4.82. The van der Waals surface area contributed by atoms with E-state index in [-0.39, 0.29) is 11.7 Å². The number of pyridine rings is 1. The van der Waals surface area contributed by atoms with Gasteiger partial charge in [0.15, 0.2) is 0 Å². The lowest BCUT2D eigenvalue weighted by Crippen LogP contribution is -2.13. The van der Waals surface area contributed by atoms with Crippen molar-refractivity contribution >= 4 is 23.1 Å². The number of rotatable bonds is 6. The molecule has 1 heterocycles. The monoisotopic (exact) mass is 364 g/mol. The van der Waals surface area contributed by atoms with Gasteiger partial charge in [-0.05, 0) is 42.5 Å². The summed E-state index contributed by atoms with van der Waals surface area (Å²) >= 11 is 0. The fourth-order valence-electron chi connectivity index (χ4n) is 2.51. The summed E-state index contributed by atoms with van der Waals surface area (Å²) in [5.41, 5.74) is 2.78. The average molecular weight is 364 g/mol. The Labute approximate surface area is 157 Å². The highest BCUT2D eigenvalue weighted by atomic mass is 19.1. The summed E-state index contributed by atoms with van der Waals surface area (Å²) in [6.45, 7) is 0.323. The molecule has 0 aliphatic rings. The van der Waals surface area contributed by atoms with Crippen molar-refractivity contribution in [1.29, 1.82) is 0 Å². The molecule has 2 N–H and O–H groups in total. The molecule has 1 aromatic heterocycles. The number of benzene rings is 2. The zero-order valence-electron chi connectivity index (χ0n) is 15.2. The quantitative estimate of drug-likeness (QED) is 0.690. The van der Waals surface area contributed by atoms with Gasteiger partial charge < -0.3 is 15.5 Å². The highest BCUT2D eigenvalue weighted by molar-refractivity contribution is 6.04. The predicted octanol–water partition coefficient (Wildman–Crippen LogP) is 4.15. The van der Waals surface area contributed by atoms with E-state index in [4.69, 9.17) is 0 Å². The van der Waals surface area contributed by atoms with E-state index >= 15 is 0 Å². The standard InChI is InChI=1S/C21H21FN4O/c1-26(2)18-10-8-17(9-11-18)25-21(27)16-7-12-20(24-14-16)23-13-15-5-3-4-6-19(15)22/h3-12,14H,13H2,1-2H3,(H,23,24)(H,25,27). The lowest BCUT2D eigenvalue weighted by molar-refractivity contribution is 0.102. The molecule has 0 aliphatic carbocycles. The number of nitrogens with zero attached hydrogens (tertiary/aromatic N) is 2. The van der Waals surface area contributed by atoms with E-state index in [0.717, 1.165) is 5.69 Å². The zero-order chi connectivity index (χ0) is 19.2. The van der Waals surface area contributed by atoms with Gasteiger partial charge in [-0.3, -0.25) is 4.79 Å². The van der Waals surface area contributed by atoms with E-state index in [0.29, 0.717) is 29.2 Å². The number of carbonyl (C=O) groups excluding carboxylic acids is 1. The Kier molecular flexibility index (Phi) is 5.66. The van der Waals surface area contributed by atoms with Gasteiger partial charge in [0, 0.05) is 43.8 Å². The van der Waals surface area contributed by atoms with Crippen LogP contribution in [0.3, 0.4) is 0 Å². The van der Waals surface area contributed by atoms with Crippen molar-refractivity contribution < 1.29 is 9.18 Å². The van der Waals surface area contributed by atoms with Crippen LogP contribution < -0.4 is 15.5 Å². The number of carbonyl (C=O) groups is 1. The molecular weight excluding hydrogens is 343 g/mol. The lowest BCUT2D eigenvalue weighted by atomic mass is 10.2. The van der Waals surface area contributed by atoms with Crippen LogP contribution in [0.4, 0.5) is 21.6 Å². The molecule has 0 saturated heterocycles. The molecule has 0 radical (unpaired) electrons. The normalized spacial score (nSPS) is 10.3. The second-order valence-corrected chi connectivity index (χ2v) is 6.27. The van der Waals surface area contributed by atoms with Crippen molar-refractivity contribution in [3.8, 4) is 0 Å². The number of anilines is 3. The number of hydrogen-bond donors (Lipinski definition) is 2. The van der Waals surface area contributed by atoms with E-state index in [2.05, 4.69) is 15.6 Å². The van der Waals surface area contributed by atoms with Crippen LogP contribution in [0.15, 0.2) is 66.9 Å². The first-order chi connectivity index (χ1) is 13.0. The number of aromatic nitrogens is 1. The molecular formula is C21H21FN4O. The van der Waals surface area contributed by atoms with Crippen molar-refractivity contribution in [3.05, 3.63) is 83.8 Å². The molecule has 0 bridgehead atoms. The van der Waals surface area contributed by atoms with Crippen molar-refractivity contribution in [2.45, 2.75) is 6.54 Å². The molecule has 0 unspecified atom stereocenters. The Morgan fingerprint density at radius 1 is 1.04 bits per heavy atom. The summed E-state index contributed by atoms with van der Waals surface area (Å²) in [6.07, 6.45) is 1.49. The van der Waals surface area contributed by atoms with Crippen LogP contribution in [0, 0.1) is 5.82 Å². The van der Waals surface area contributed by atoms with Gasteiger partial charge in [0.25, 0.3) is 5.91 Å². The van der Waals surface area contributed by atoms with Gasteiger partial charge >= 0.3 is 0 Å². The molecule has 0 spiro atoms. The minimum Gasteiger partial charge on any atom is -0.378 e. The molecule has 1 amide bonds. The SMILES string of the molecule is CN(C)c1ccc(NC(=O)c2ccc(NCc3ccccc3F)nc2)cc1. The van der Waals surface area contributed by atoms with Gasteiger partial charge in [-0.2, -0.15) is 0 Å². The van der Waals surface area contributed by atoms with Crippen LogP contribution in [-0.2, 0) is 6.54 Å². The second kappa shape index (κ2) is 8.31. The molecule has 0 atom stereocenters. The topological polar surface area (TPSA) is 57.3 Å². The fraction of sp³-hybridized carbons (Fsp3) is 0.143. The number of nitrogens with one attached hydrogen (secondary N) is 2. The maximum atomic E-state index is 13.6. The van der Waals surface area contributed by atoms with Crippen LogP contribution in [0.25, 0.3) is 0 Å². The van der Waals surface area contributed by atoms with E-state index in [1.54, 1.807) is 30.3 Å². The molecule has 2 aromatic carbocycles. The molecule has 6 heteroatoms. The van der Waals surface area contributed by atoms with Gasteiger partial charge in [-0.25, -0.2) is 9.37 Å². The minimum atomic E-state index is -0.263. The fourth-order valence-corrected chi connectivity index (χ4v) is 2.51. The van der Waals surface area contributed by atoms with Crippen molar-refractivity contribution in [2.24, 2.45) is 0 Å². The van der Waals surface area contributed by atoms with Gasteiger partial charge in [0.1, 0.15) is 11.6 Å². The Bertz CT molecular complexity index is 908. The highest BCUT2D eigenvalue weighted by Crippen LogP contribution is 2.17. The van der Waals surface area contributed by atoms with Crippen LogP contribution in [0.2, 0.25) is 0 Å². The van der Waals surface area contributed by atoms with Crippen LogP contribution in [-0.4, -0.2) is 25.0 Å². The summed E-state index contributed by atoms with van der Waals surface area (Å²) in [6, 6.07) is 17.5. The molecule has 3 rings (SSSR count). The first kappa shape index (κ1) is 18.4. The molecule has 5 nitrogen and oxygen atoms in total. The van der Waals surface area contributed by atoms with Crippen LogP contribution in [0.5, 0.6) is 0 Å². The van der Waals surface area contributed by atoms with Gasteiger partial charge in [-0.1, -0.05) is 18.2 Å². The maximum Gasteiger partial charge on any atom is 0.257 e. The van der Waals surface area contributed by atoms with E-state index in [9.17, 15) is 9.18 Å². The van der Waals surface area contributed by atoms with Crippen molar-refractivity contribution in [3.63, 3.8) is 0 Å². The van der Waals surface area contributed by atoms with Crippen LogP contribution in [0.1, 0.15) is 15.9 Å². The van der Waals surface area contributed by atoms with E-state index in [1.165, 1.54) is 12.3 Å². The molecule has 0 saturated carbocycles. The summed E-state index contributed by atoms with van der Waals surface area (Å²) < 4.78 is 13.6. The zero-order valence-corrected chi connectivity index (χ0v) is 15.2. The molecule has 0 aliphatic heterocycles. The predicted molar refractivity (Wildman–Crippen MR) is 107 cm³/mol. The summed E-state index contributed by atoms with van der Waals surface area (Å²) in [4.78, 5) is 18.5. The minimum absolute atomic E-state index is 0.235. The molecule has 0 fully saturated rings. The lowest BCUT2D eigenvalue weighted by Gasteiger charge is -2.13. The Morgan fingerprint density at radius 2 is 1.78 bits per heavy atom. The summed E-state index contributed by atoms with van der Waals surface area (Å²) in [5, 5.41) is 5.89. The van der Waals surface area contributed by atoms with Gasteiger partial charge in [0.05, 0.1) is 5.56 Å². The van der Waals surface area contributed by atoms with Gasteiger partial charge in [0.2, 0.25) is 0 Å². The first-order valence-electron chi connectivity index (χ1n) is 8.55. The highest BCUT2D eigenvalue weighted by Gasteiger charge is 2.08. The summed E-state index contributed by atoms with van der Waals surface area (Å²) in [7, 11) is 3.92. The van der Waals surface area contributed by atoms with E-state index < -0.39 is 0 Å². The van der Waals surface area contributed by atoms with Crippen molar-refractivity contribution in [1.82, 2.24) is 4.98 Å². The number of halogens is 1. The number of hydrogen-bond acceptors (Lipinski definition) is 4. The Hall–Kier alpha value is -3.41. The third-order valence-corrected chi connectivity index (χ3v) is 4.09. The molecule has 27 heavy (non-hydrogen) atoms. The molecule has 138 valence electrons. The number of amides is 1.